The molecule has 0 aliphatic rings. The first kappa shape index (κ1) is 12.8. The van der Waals surface area contributed by atoms with Crippen molar-refractivity contribution in [2.45, 2.75) is 23.1 Å². The summed E-state index contributed by atoms with van der Waals surface area (Å²) in [4.78, 5) is 2.29. The number of aryl methyl sites for hydroxylation is 1. The lowest BCUT2D eigenvalue weighted by atomic mass is 10.1. The van der Waals surface area contributed by atoms with Gasteiger partial charge in [-0.05, 0) is 54.4 Å². The zero-order valence-corrected chi connectivity index (χ0v) is 11.3. The fourth-order valence-corrected chi connectivity index (χ4v) is 2.57. The van der Waals surface area contributed by atoms with Gasteiger partial charge in [0.2, 0.25) is 0 Å². The van der Waals surface area contributed by atoms with Crippen molar-refractivity contribution < 1.29 is 9.84 Å². The maximum Gasteiger partial charge on any atom is 0.118 e. The zero-order valence-electron chi connectivity index (χ0n) is 10.5. The Morgan fingerprint density at radius 2 is 1.72 bits per heavy atom. The van der Waals surface area contributed by atoms with Crippen molar-refractivity contribution in [3.8, 4) is 11.5 Å². The van der Waals surface area contributed by atoms with Crippen molar-refractivity contribution >= 4 is 11.8 Å². The maximum atomic E-state index is 9.64. The van der Waals surface area contributed by atoms with Crippen LogP contribution in [0.5, 0.6) is 11.5 Å². The normalized spacial score (nSPS) is 10.3. The molecule has 0 saturated carbocycles. The van der Waals surface area contributed by atoms with Crippen molar-refractivity contribution in [3.63, 3.8) is 0 Å². The topological polar surface area (TPSA) is 29.5 Å². The average Bonchev–Trinajstić information content (AvgIpc) is 2.42. The first-order chi connectivity index (χ1) is 8.72. The first-order valence-corrected chi connectivity index (χ1v) is 6.68. The molecule has 0 amide bonds. The predicted octanol–water partition coefficient (Wildman–Crippen LogP) is 4.11. The van der Waals surface area contributed by atoms with E-state index in [2.05, 4.69) is 0 Å². The summed E-state index contributed by atoms with van der Waals surface area (Å²) < 4.78 is 5.13. The molecule has 0 saturated heterocycles. The molecule has 0 aliphatic carbocycles. The summed E-state index contributed by atoms with van der Waals surface area (Å²) in [7, 11) is 1.66. The predicted molar refractivity (Wildman–Crippen MR) is 74.6 cm³/mol. The third-order valence-electron chi connectivity index (χ3n) is 2.73. The van der Waals surface area contributed by atoms with Crippen LogP contribution in [-0.2, 0) is 6.42 Å². The molecule has 1 N–H and O–H groups in total. The number of benzene rings is 2. The van der Waals surface area contributed by atoms with Gasteiger partial charge in [-0.1, -0.05) is 18.7 Å². The van der Waals surface area contributed by atoms with E-state index in [-0.39, 0.29) is 0 Å². The van der Waals surface area contributed by atoms with E-state index in [1.165, 1.54) is 0 Å². The van der Waals surface area contributed by atoms with E-state index in [1.807, 2.05) is 43.3 Å². The monoisotopic (exact) mass is 260 g/mol. The Balaban J connectivity index is 2.17. The minimum absolute atomic E-state index is 0.372. The highest BCUT2D eigenvalue weighted by molar-refractivity contribution is 7.99. The molecule has 2 rings (SSSR count). The van der Waals surface area contributed by atoms with Crippen LogP contribution >= 0.6 is 11.8 Å². The van der Waals surface area contributed by atoms with Gasteiger partial charge in [0.15, 0.2) is 0 Å². The van der Waals surface area contributed by atoms with Gasteiger partial charge in [0.25, 0.3) is 0 Å². The van der Waals surface area contributed by atoms with Crippen LogP contribution in [0.25, 0.3) is 0 Å². The Kier molecular flexibility index (Phi) is 4.15. The molecule has 2 nitrogen and oxygen atoms in total. The molecule has 18 heavy (non-hydrogen) atoms. The number of methoxy groups -OCH3 is 1. The quantitative estimate of drug-likeness (QED) is 0.897. The molecule has 94 valence electrons. The summed E-state index contributed by atoms with van der Waals surface area (Å²) in [6, 6.07) is 13.7. The van der Waals surface area contributed by atoms with E-state index < -0.39 is 0 Å². The van der Waals surface area contributed by atoms with Gasteiger partial charge in [-0.3, -0.25) is 0 Å². The van der Waals surface area contributed by atoms with Gasteiger partial charge in [0.05, 0.1) is 7.11 Å². The molecule has 0 unspecified atom stereocenters. The Labute approximate surface area is 112 Å². The number of rotatable bonds is 4. The van der Waals surface area contributed by atoms with E-state index in [4.69, 9.17) is 4.74 Å². The van der Waals surface area contributed by atoms with Gasteiger partial charge in [0, 0.05) is 9.79 Å². The Bertz CT molecular complexity index is 521. The fourth-order valence-electron chi connectivity index (χ4n) is 1.69. The first-order valence-electron chi connectivity index (χ1n) is 5.86. The third-order valence-corrected chi connectivity index (χ3v) is 3.72. The lowest BCUT2D eigenvalue weighted by Gasteiger charge is -2.06. The highest BCUT2D eigenvalue weighted by Gasteiger charge is 2.03. The maximum absolute atomic E-state index is 9.64. The van der Waals surface area contributed by atoms with Gasteiger partial charge >= 0.3 is 0 Å². The molecule has 0 heterocycles. The molecule has 0 aliphatic heterocycles. The zero-order chi connectivity index (χ0) is 13.0. The summed E-state index contributed by atoms with van der Waals surface area (Å²) in [5.41, 5.74) is 0.980. The van der Waals surface area contributed by atoms with Crippen LogP contribution in [0.15, 0.2) is 52.3 Å². The van der Waals surface area contributed by atoms with Gasteiger partial charge in [-0.2, -0.15) is 0 Å². The second kappa shape index (κ2) is 5.83. The molecule has 0 spiro atoms. The van der Waals surface area contributed by atoms with E-state index in [1.54, 1.807) is 24.9 Å². The van der Waals surface area contributed by atoms with Crippen molar-refractivity contribution in [3.05, 3.63) is 48.0 Å². The van der Waals surface area contributed by atoms with E-state index >= 15 is 0 Å². The molecule has 0 fully saturated rings. The van der Waals surface area contributed by atoms with Gasteiger partial charge in [-0.25, -0.2) is 0 Å². The Hall–Kier alpha value is -1.61. The minimum Gasteiger partial charge on any atom is -0.508 e. The van der Waals surface area contributed by atoms with Gasteiger partial charge < -0.3 is 9.84 Å². The smallest absolute Gasteiger partial charge is 0.118 e. The summed E-state index contributed by atoms with van der Waals surface area (Å²) >= 11 is 1.68. The molecular weight excluding hydrogens is 244 g/mol. The van der Waals surface area contributed by atoms with Crippen LogP contribution < -0.4 is 4.74 Å². The summed E-state index contributed by atoms with van der Waals surface area (Å²) in [5.74, 6) is 1.23. The third kappa shape index (κ3) is 2.99. The molecule has 2 aromatic carbocycles. The van der Waals surface area contributed by atoms with Crippen LogP contribution in [0.2, 0.25) is 0 Å². The number of aromatic hydroxyl groups is 1. The van der Waals surface area contributed by atoms with Crippen molar-refractivity contribution in [2.75, 3.05) is 7.11 Å². The molecule has 0 bridgehead atoms. The number of phenolic OH excluding ortho intramolecular Hbond substituents is 1. The van der Waals surface area contributed by atoms with E-state index in [9.17, 15) is 5.11 Å². The summed E-state index contributed by atoms with van der Waals surface area (Å²) in [5, 5.41) is 9.64. The van der Waals surface area contributed by atoms with Crippen molar-refractivity contribution in [1.82, 2.24) is 0 Å². The number of hydrogen-bond donors (Lipinski definition) is 1. The number of ether oxygens (including phenoxy) is 1. The average molecular weight is 260 g/mol. The van der Waals surface area contributed by atoms with Gasteiger partial charge in [0.1, 0.15) is 11.5 Å². The van der Waals surface area contributed by atoms with E-state index in [0.29, 0.717) is 5.75 Å². The highest BCUT2D eigenvalue weighted by Crippen LogP contribution is 2.31. The summed E-state index contributed by atoms with van der Waals surface area (Å²) in [6.07, 6.45) is 0.836. The molecule has 0 atom stereocenters. The second-order valence-electron chi connectivity index (χ2n) is 3.92. The SMILES string of the molecule is CCc1cc(Sc2ccc(OC)cc2)ccc1O. The van der Waals surface area contributed by atoms with Crippen molar-refractivity contribution in [1.29, 1.82) is 0 Å². The van der Waals surface area contributed by atoms with Crippen LogP contribution in [0.3, 0.4) is 0 Å². The van der Waals surface area contributed by atoms with Crippen LogP contribution in [0.1, 0.15) is 12.5 Å². The fraction of sp³-hybridized carbons (Fsp3) is 0.200. The minimum atomic E-state index is 0.372. The Morgan fingerprint density at radius 3 is 2.33 bits per heavy atom. The Morgan fingerprint density at radius 1 is 1.06 bits per heavy atom. The van der Waals surface area contributed by atoms with Gasteiger partial charge in [-0.15, -0.1) is 0 Å². The molecule has 2 aromatic rings. The number of phenols is 1. The van der Waals surface area contributed by atoms with Crippen molar-refractivity contribution in [2.24, 2.45) is 0 Å². The second-order valence-corrected chi connectivity index (χ2v) is 5.07. The van der Waals surface area contributed by atoms with E-state index in [0.717, 1.165) is 27.5 Å². The standard InChI is InChI=1S/C15H16O2S/c1-3-11-10-14(8-9-15(11)16)18-13-6-4-12(17-2)5-7-13/h4-10,16H,3H2,1-2H3. The molecule has 0 radical (unpaired) electrons. The lowest BCUT2D eigenvalue weighted by molar-refractivity contribution is 0.414. The largest absolute Gasteiger partial charge is 0.508 e. The summed E-state index contributed by atoms with van der Waals surface area (Å²) in [6.45, 7) is 2.04. The van der Waals surface area contributed by atoms with Crippen LogP contribution in [-0.4, -0.2) is 12.2 Å². The molecule has 0 aromatic heterocycles. The van der Waals surface area contributed by atoms with Crippen LogP contribution in [0, 0.1) is 0 Å². The molecule has 3 heteroatoms. The lowest BCUT2D eigenvalue weighted by Crippen LogP contribution is -1.83. The highest BCUT2D eigenvalue weighted by atomic mass is 32.2. The van der Waals surface area contributed by atoms with Crippen LogP contribution in [0.4, 0.5) is 0 Å². The number of hydrogen-bond acceptors (Lipinski definition) is 3. The molecular formula is C15H16O2S.